The summed E-state index contributed by atoms with van der Waals surface area (Å²) >= 11 is 0. The summed E-state index contributed by atoms with van der Waals surface area (Å²) < 4.78 is 5.68. The number of ether oxygens (including phenoxy) is 1. The van der Waals surface area contributed by atoms with Gasteiger partial charge in [-0.3, -0.25) is 0 Å². The molecule has 118 valence electrons. The van der Waals surface area contributed by atoms with Gasteiger partial charge in [0.15, 0.2) is 0 Å². The highest BCUT2D eigenvalue weighted by atomic mass is 16.5. The van der Waals surface area contributed by atoms with E-state index < -0.39 is 0 Å². The van der Waals surface area contributed by atoms with Gasteiger partial charge in [-0.25, -0.2) is 0 Å². The molecule has 21 heavy (non-hydrogen) atoms. The van der Waals surface area contributed by atoms with Crippen molar-refractivity contribution in [3.8, 4) is 5.75 Å². The quantitative estimate of drug-likeness (QED) is 0.895. The zero-order chi connectivity index (χ0) is 15.5. The molecule has 0 radical (unpaired) electrons. The van der Waals surface area contributed by atoms with Crippen LogP contribution in [0, 0.1) is 5.92 Å². The van der Waals surface area contributed by atoms with Gasteiger partial charge in [0.25, 0.3) is 0 Å². The normalized spacial score (nSPS) is 21.6. The third-order valence-electron chi connectivity index (χ3n) is 4.17. The number of piperazine rings is 1. The number of nitrogens with zero attached hydrogens (tertiary/aromatic N) is 1. The summed E-state index contributed by atoms with van der Waals surface area (Å²) in [5, 5.41) is 3.66. The molecule has 1 saturated heterocycles. The molecule has 1 unspecified atom stereocenters. The van der Waals surface area contributed by atoms with E-state index in [1.54, 1.807) is 0 Å². The van der Waals surface area contributed by atoms with Crippen molar-refractivity contribution in [1.82, 2.24) is 5.32 Å². The summed E-state index contributed by atoms with van der Waals surface area (Å²) in [4.78, 5) is 2.55. The predicted molar refractivity (Wildman–Crippen MR) is 90.3 cm³/mol. The second kappa shape index (κ2) is 6.69. The molecule has 2 rings (SSSR count). The van der Waals surface area contributed by atoms with Crippen LogP contribution in [0.5, 0.6) is 5.75 Å². The molecule has 1 aromatic carbocycles. The van der Waals surface area contributed by atoms with Gasteiger partial charge in [0.05, 0.1) is 6.61 Å². The number of anilines is 1. The molecular weight excluding hydrogens is 260 g/mol. The van der Waals surface area contributed by atoms with Crippen molar-refractivity contribution < 1.29 is 4.74 Å². The van der Waals surface area contributed by atoms with E-state index in [4.69, 9.17) is 4.74 Å². The van der Waals surface area contributed by atoms with E-state index >= 15 is 0 Å². The zero-order valence-electron chi connectivity index (χ0n) is 14.1. The fraction of sp³-hybridized carbons (Fsp3) is 0.667. The second-order valence-corrected chi connectivity index (χ2v) is 7.05. The number of benzene rings is 1. The smallest absolute Gasteiger partial charge is 0.119 e. The lowest BCUT2D eigenvalue weighted by Crippen LogP contribution is -2.63. The molecule has 1 aliphatic heterocycles. The van der Waals surface area contributed by atoms with Crippen LogP contribution in [0.2, 0.25) is 0 Å². The minimum atomic E-state index is 0.156. The summed E-state index contributed by atoms with van der Waals surface area (Å²) in [5.74, 6) is 1.60. The molecule has 0 bridgehead atoms. The van der Waals surface area contributed by atoms with Crippen LogP contribution in [0.1, 0.15) is 41.0 Å². The Labute approximate surface area is 129 Å². The van der Waals surface area contributed by atoms with Crippen LogP contribution in [0.15, 0.2) is 24.3 Å². The summed E-state index contributed by atoms with van der Waals surface area (Å²) in [7, 11) is 0. The largest absolute Gasteiger partial charge is 0.494 e. The van der Waals surface area contributed by atoms with E-state index in [0.717, 1.165) is 31.9 Å². The highest BCUT2D eigenvalue weighted by Crippen LogP contribution is 2.28. The van der Waals surface area contributed by atoms with Gasteiger partial charge in [0.2, 0.25) is 0 Å². The lowest BCUT2D eigenvalue weighted by atomic mass is 9.92. The number of nitrogens with one attached hydrogen (secondary N) is 1. The molecule has 0 aliphatic carbocycles. The summed E-state index contributed by atoms with van der Waals surface area (Å²) in [6.07, 6.45) is 1.04. The molecule has 3 heteroatoms. The van der Waals surface area contributed by atoms with Gasteiger partial charge in [0.1, 0.15) is 5.75 Å². The first kappa shape index (κ1) is 16.2. The van der Waals surface area contributed by atoms with E-state index in [9.17, 15) is 0 Å². The van der Waals surface area contributed by atoms with E-state index in [0.29, 0.717) is 12.0 Å². The van der Waals surface area contributed by atoms with Crippen molar-refractivity contribution >= 4 is 5.69 Å². The van der Waals surface area contributed by atoms with Gasteiger partial charge in [0, 0.05) is 30.4 Å². The summed E-state index contributed by atoms with van der Waals surface area (Å²) in [6, 6.07) is 9.12. The molecule has 0 amide bonds. The maximum atomic E-state index is 5.68. The van der Waals surface area contributed by atoms with Crippen LogP contribution >= 0.6 is 0 Å². The fourth-order valence-electron chi connectivity index (χ4n) is 2.92. The molecule has 1 atom stereocenters. The minimum Gasteiger partial charge on any atom is -0.494 e. The highest BCUT2D eigenvalue weighted by molar-refractivity contribution is 5.51. The third-order valence-corrected chi connectivity index (χ3v) is 4.17. The average molecular weight is 290 g/mol. The molecule has 1 N–H and O–H groups in total. The topological polar surface area (TPSA) is 24.5 Å². The first-order valence-corrected chi connectivity index (χ1v) is 8.17. The Hall–Kier alpha value is -1.22. The fourth-order valence-corrected chi connectivity index (χ4v) is 2.92. The third kappa shape index (κ3) is 4.13. The zero-order valence-corrected chi connectivity index (χ0v) is 14.1. The Morgan fingerprint density at radius 3 is 2.52 bits per heavy atom. The maximum Gasteiger partial charge on any atom is 0.119 e. The number of rotatable bonds is 5. The Morgan fingerprint density at radius 1 is 1.29 bits per heavy atom. The van der Waals surface area contributed by atoms with Gasteiger partial charge in [-0.1, -0.05) is 20.8 Å². The molecule has 1 fully saturated rings. The van der Waals surface area contributed by atoms with Crippen LogP contribution in [0.25, 0.3) is 0 Å². The number of hydrogen-bond acceptors (Lipinski definition) is 3. The molecule has 1 aliphatic rings. The molecule has 1 aromatic rings. The van der Waals surface area contributed by atoms with Crippen molar-refractivity contribution in [3.63, 3.8) is 0 Å². The van der Waals surface area contributed by atoms with Crippen molar-refractivity contribution in [2.75, 3.05) is 24.6 Å². The average Bonchev–Trinajstić information content (AvgIpc) is 2.44. The lowest BCUT2D eigenvalue weighted by molar-refractivity contribution is 0.277. The van der Waals surface area contributed by atoms with Crippen LogP contribution < -0.4 is 15.0 Å². The maximum absolute atomic E-state index is 5.68. The SMILES string of the molecule is CCCOc1ccc(N2CC(C)(C)NCC2C(C)C)cc1. The van der Waals surface area contributed by atoms with Crippen LogP contribution in [-0.4, -0.2) is 31.3 Å². The van der Waals surface area contributed by atoms with Gasteiger partial charge in [-0.15, -0.1) is 0 Å². The first-order valence-electron chi connectivity index (χ1n) is 8.17. The molecule has 0 saturated carbocycles. The van der Waals surface area contributed by atoms with Crippen molar-refractivity contribution in [2.45, 2.75) is 52.6 Å². The first-order chi connectivity index (χ1) is 9.93. The van der Waals surface area contributed by atoms with Crippen molar-refractivity contribution in [1.29, 1.82) is 0 Å². The standard InChI is InChI=1S/C18H30N2O/c1-6-11-21-16-9-7-15(8-10-16)20-13-18(4,5)19-12-17(20)14(2)3/h7-10,14,17,19H,6,11-13H2,1-5H3. The Kier molecular flexibility index (Phi) is 5.15. The molecule has 0 aromatic heterocycles. The van der Waals surface area contributed by atoms with Gasteiger partial charge in [-0.05, 0) is 50.5 Å². The lowest BCUT2D eigenvalue weighted by Gasteiger charge is -2.47. The van der Waals surface area contributed by atoms with E-state index in [-0.39, 0.29) is 5.54 Å². The highest BCUT2D eigenvalue weighted by Gasteiger charge is 2.33. The van der Waals surface area contributed by atoms with Crippen molar-refractivity contribution in [3.05, 3.63) is 24.3 Å². The van der Waals surface area contributed by atoms with Crippen LogP contribution in [0.3, 0.4) is 0 Å². The van der Waals surface area contributed by atoms with Gasteiger partial charge >= 0.3 is 0 Å². The molecular formula is C18H30N2O. The minimum absolute atomic E-state index is 0.156. The molecule has 1 heterocycles. The Bertz CT molecular complexity index is 439. The monoisotopic (exact) mass is 290 g/mol. The predicted octanol–water partition coefficient (Wildman–Crippen LogP) is 3.69. The van der Waals surface area contributed by atoms with Crippen LogP contribution in [-0.2, 0) is 0 Å². The summed E-state index contributed by atoms with van der Waals surface area (Å²) in [6.45, 7) is 14.1. The number of hydrogen-bond donors (Lipinski definition) is 1. The Balaban J connectivity index is 2.15. The van der Waals surface area contributed by atoms with E-state index in [1.807, 2.05) is 0 Å². The second-order valence-electron chi connectivity index (χ2n) is 7.05. The van der Waals surface area contributed by atoms with Crippen LogP contribution in [0.4, 0.5) is 5.69 Å². The van der Waals surface area contributed by atoms with E-state index in [2.05, 4.69) is 69.1 Å². The Morgan fingerprint density at radius 2 is 1.95 bits per heavy atom. The molecule has 3 nitrogen and oxygen atoms in total. The van der Waals surface area contributed by atoms with Gasteiger partial charge < -0.3 is 15.0 Å². The van der Waals surface area contributed by atoms with E-state index in [1.165, 1.54) is 5.69 Å². The molecule has 0 spiro atoms. The van der Waals surface area contributed by atoms with Gasteiger partial charge in [-0.2, -0.15) is 0 Å². The van der Waals surface area contributed by atoms with Crippen molar-refractivity contribution in [2.24, 2.45) is 5.92 Å². The summed E-state index contributed by atoms with van der Waals surface area (Å²) in [5.41, 5.74) is 1.45.